The molecule has 1 unspecified atom stereocenters. The van der Waals surface area contributed by atoms with Gasteiger partial charge in [0.25, 0.3) is 0 Å². The second-order valence-corrected chi connectivity index (χ2v) is 8.35. The summed E-state index contributed by atoms with van der Waals surface area (Å²) in [7, 11) is 0. The molecule has 0 aromatic heterocycles. The van der Waals surface area contributed by atoms with Crippen LogP contribution < -0.4 is 4.74 Å². The number of carbonyl (C=O) groups is 1. The van der Waals surface area contributed by atoms with Gasteiger partial charge in [-0.15, -0.1) is 0 Å². The normalized spacial score (nSPS) is 12.4. The summed E-state index contributed by atoms with van der Waals surface area (Å²) in [4.78, 5) is 11.2. The van der Waals surface area contributed by atoms with Crippen molar-refractivity contribution in [3.05, 3.63) is 89.5 Å². The van der Waals surface area contributed by atoms with Gasteiger partial charge < -0.3 is 9.84 Å². The van der Waals surface area contributed by atoms with Crippen molar-refractivity contribution in [1.29, 1.82) is 0 Å². The number of ether oxygens (including phenoxy) is 1. The average Bonchev–Trinajstić information content (AvgIpc) is 2.82. The predicted octanol–water partition coefficient (Wildman–Crippen LogP) is 8.25. The van der Waals surface area contributed by atoms with E-state index in [2.05, 4.69) is 0 Å². The minimum atomic E-state index is -4.42. The van der Waals surface area contributed by atoms with Crippen LogP contribution >= 0.6 is 0 Å². The van der Waals surface area contributed by atoms with Crippen LogP contribution in [0.2, 0.25) is 0 Å². The topological polar surface area (TPSA) is 46.5 Å². The number of hydrogen-bond donors (Lipinski definition) is 1. The van der Waals surface area contributed by atoms with Gasteiger partial charge in [0.1, 0.15) is 12.4 Å². The molecule has 1 N–H and O–H groups in total. The van der Waals surface area contributed by atoms with E-state index in [1.54, 1.807) is 24.3 Å². The van der Waals surface area contributed by atoms with Crippen molar-refractivity contribution in [2.24, 2.45) is 0 Å². The maximum absolute atomic E-state index is 14.2. The lowest BCUT2D eigenvalue weighted by molar-refractivity contribution is -0.152. The Bertz CT molecular complexity index is 1060. The molecule has 34 heavy (non-hydrogen) atoms. The third kappa shape index (κ3) is 6.86. The van der Waals surface area contributed by atoms with Crippen LogP contribution in [0.25, 0.3) is 11.1 Å². The fraction of sp³-hybridized carbons (Fsp3) is 0.321. The highest BCUT2D eigenvalue weighted by molar-refractivity contribution is 5.88. The molecule has 0 aliphatic rings. The second kappa shape index (κ2) is 11.7. The SMILES string of the molecule is CCCCCCC(c1cc(OCc2ccccc2)ccc1-c1ccc(C(=O)O)cc1)C(F)(F)F. The Morgan fingerprint density at radius 1 is 0.941 bits per heavy atom. The number of hydrogen-bond acceptors (Lipinski definition) is 2. The molecule has 1 atom stereocenters. The Morgan fingerprint density at radius 2 is 1.65 bits per heavy atom. The van der Waals surface area contributed by atoms with Gasteiger partial charge in [-0.2, -0.15) is 13.2 Å². The number of carboxylic acid groups (broad SMARTS) is 1. The van der Waals surface area contributed by atoms with Crippen LogP contribution in [0.3, 0.4) is 0 Å². The van der Waals surface area contributed by atoms with Gasteiger partial charge in [-0.05, 0) is 52.9 Å². The smallest absolute Gasteiger partial charge is 0.395 e. The highest BCUT2D eigenvalue weighted by Gasteiger charge is 2.41. The molecular formula is C28H29F3O3. The van der Waals surface area contributed by atoms with Crippen LogP contribution in [0.1, 0.15) is 66.4 Å². The largest absolute Gasteiger partial charge is 0.489 e. The van der Waals surface area contributed by atoms with Gasteiger partial charge in [0.2, 0.25) is 0 Å². The van der Waals surface area contributed by atoms with Crippen molar-refractivity contribution in [3.63, 3.8) is 0 Å². The zero-order chi connectivity index (χ0) is 24.6. The second-order valence-electron chi connectivity index (χ2n) is 8.35. The Kier molecular flexibility index (Phi) is 8.74. The minimum Gasteiger partial charge on any atom is -0.489 e. The summed E-state index contributed by atoms with van der Waals surface area (Å²) >= 11 is 0. The van der Waals surface area contributed by atoms with Crippen molar-refractivity contribution in [3.8, 4) is 16.9 Å². The van der Waals surface area contributed by atoms with E-state index >= 15 is 0 Å². The number of rotatable bonds is 11. The molecule has 180 valence electrons. The molecule has 0 fully saturated rings. The number of benzene rings is 3. The summed E-state index contributed by atoms with van der Waals surface area (Å²) in [5.74, 6) is -2.35. The van der Waals surface area contributed by atoms with E-state index in [0.29, 0.717) is 23.3 Å². The molecule has 3 aromatic carbocycles. The van der Waals surface area contributed by atoms with E-state index in [1.807, 2.05) is 37.3 Å². The molecule has 0 spiro atoms. The fourth-order valence-electron chi connectivity index (χ4n) is 3.99. The molecule has 0 aliphatic carbocycles. The van der Waals surface area contributed by atoms with E-state index in [4.69, 9.17) is 9.84 Å². The van der Waals surface area contributed by atoms with Gasteiger partial charge in [0, 0.05) is 0 Å². The number of alkyl halides is 3. The van der Waals surface area contributed by atoms with Crippen molar-refractivity contribution >= 4 is 5.97 Å². The Hall–Kier alpha value is -3.28. The molecule has 0 amide bonds. The zero-order valence-corrected chi connectivity index (χ0v) is 19.1. The van der Waals surface area contributed by atoms with Crippen LogP contribution in [0, 0.1) is 0 Å². The average molecular weight is 471 g/mol. The summed E-state index contributed by atoms with van der Waals surface area (Å²) in [5.41, 5.74) is 2.13. The molecule has 3 nitrogen and oxygen atoms in total. The lowest BCUT2D eigenvalue weighted by Crippen LogP contribution is -2.21. The molecule has 0 aliphatic heterocycles. The Morgan fingerprint density at radius 3 is 2.26 bits per heavy atom. The van der Waals surface area contributed by atoms with Crippen molar-refractivity contribution in [2.75, 3.05) is 0 Å². The van der Waals surface area contributed by atoms with Crippen molar-refractivity contribution in [1.82, 2.24) is 0 Å². The summed E-state index contributed by atoms with van der Waals surface area (Å²) in [5, 5.41) is 9.16. The maximum atomic E-state index is 14.2. The van der Waals surface area contributed by atoms with E-state index < -0.39 is 18.1 Å². The molecule has 0 bridgehead atoms. The molecule has 3 rings (SSSR count). The van der Waals surface area contributed by atoms with Gasteiger partial charge in [-0.1, -0.05) is 81.1 Å². The molecule has 6 heteroatoms. The first-order chi connectivity index (χ1) is 16.3. The van der Waals surface area contributed by atoms with Crippen LogP contribution in [-0.4, -0.2) is 17.3 Å². The quantitative estimate of drug-likeness (QED) is 0.287. The standard InChI is InChI=1S/C28H29F3O3/c1-2-3-4-8-11-26(28(29,30)31)25-18-23(34-19-20-9-6-5-7-10-20)16-17-24(25)21-12-14-22(15-13-21)27(32)33/h5-7,9-10,12-18,26H,2-4,8,11,19H2,1H3,(H,32,33). The molecule has 0 saturated carbocycles. The summed E-state index contributed by atoms with van der Waals surface area (Å²) in [6.45, 7) is 2.27. The zero-order valence-electron chi connectivity index (χ0n) is 19.1. The van der Waals surface area contributed by atoms with Gasteiger partial charge in [0.15, 0.2) is 0 Å². The minimum absolute atomic E-state index is 0.00809. The molecular weight excluding hydrogens is 441 g/mol. The first-order valence-electron chi connectivity index (χ1n) is 11.5. The summed E-state index contributed by atoms with van der Waals surface area (Å²) in [6, 6.07) is 20.1. The molecule has 0 saturated heterocycles. The number of halogens is 3. The van der Waals surface area contributed by atoms with Gasteiger partial charge >= 0.3 is 12.1 Å². The highest BCUT2D eigenvalue weighted by Crippen LogP contribution is 2.44. The summed E-state index contributed by atoms with van der Waals surface area (Å²) < 4.78 is 48.6. The highest BCUT2D eigenvalue weighted by atomic mass is 19.4. The predicted molar refractivity (Wildman–Crippen MR) is 127 cm³/mol. The van der Waals surface area contributed by atoms with E-state index in [0.717, 1.165) is 24.8 Å². The van der Waals surface area contributed by atoms with Crippen LogP contribution in [0.4, 0.5) is 13.2 Å². The lowest BCUT2D eigenvalue weighted by atomic mass is 9.86. The molecule has 0 heterocycles. The third-order valence-electron chi connectivity index (χ3n) is 5.83. The van der Waals surface area contributed by atoms with Crippen molar-refractivity contribution < 1.29 is 27.8 Å². The monoisotopic (exact) mass is 470 g/mol. The van der Waals surface area contributed by atoms with Crippen LogP contribution in [0.5, 0.6) is 5.75 Å². The number of carboxylic acids is 1. The van der Waals surface area contributed by atoms with Gasteiger partial charge in [0.05, 0.1) is 11.5 Å². The van der Waals surface area contributed by atoms with Crippen LogP contribution in [0.15, 0.2) is 72.8 Å². The maximum Gasteiger partial charge on any atom is 0.395 e. The summed E-state index contributed by atoms with van der Waals surface area (Å²) in [6.07, 6.45) is -1.36. The Labute approximate surface area is 198 Å². The van der Waals surface area contributed by atoms with Gasteiger partial charge in [-0.3, -0.25) is 0 Å². The number of unbranched alkanes of at least 4 members (excludes halogenated alkanes) is 3. The van der Waals surface area contributed by atoms with Crippen LogP contribution in [-0.2, 0) is 6.61 Å². The fourth-order valence-corrected chi connectivity index (χ4v) is 3.99. The van der Waals surface area contributed by atoms with E-state index in [1.165, 1.54) is 18.2 Å². The Balaban J connectivity index is 1.98. The first kappa shape index (κ1) is 25.3. The van der Waals surface area contributed by atoms with E-state index in [-0.39, 0.29) is 24.2 Å². The lowest BCUT2D eigenvalue weighted by Gasteiger charge is -2.24. The molecule has 0 radical (unpaired) electrons. The third-order valence-corrected chi connectivity index (χ3v) is 5.83. The van der Waals surface area contributed by atoms with Crippen molar-refractivity contribution in [2.45, 2.75) is 57.7 Å². The molecule has 3 aromatic rings. The first-order valence-corrected chi connectivity index (χ1v) is 11.5. The number of aromatic carboxylic acids is 1. The van der Waals surface area contributed by atoms with Gasteiger partial charge in [-0.25, -0.2) is 4.79 Å². The van der Waals surface area contributed by atoms with E-state index in [9.17, 15) is 18.0 Å².